The maximum absolute atomic E-state index is 12.0. The summed E-state index contributed by atoms with van der Waals surface area (Å²) in [6.07, 6.45) is 0. The highest BCUT2D eigenvalue weighted by molar-refractivity contribution is 9.10. The van der Waals surface area contributed by atoms with E-state index in [-0.39, 0.29) is 5.56 Å². The Balaban J connectivity index is 2.03. The molecule has 2 aromatic carbocycles. The Morgan fingerprint density at radius 2 is 2.05 bits per heavy atom. The molecule has 0 unspecified atom stereocenters. The third-order valence-electron chi connectivity index (χ3n) is 2.91. The molecule has 5 nitrogen and oxygen atoms in total. The summed E-state index contributed by atoms with van der Waals surface area (Å²) in [6, 6.07) is 10.4. The molecule has 21 heavy (non-hydrogen) atoms. The minimum Gasteiger partial charge on any atom is -0.399 e. The number of benzene rings is 2. The smallest absolute Gasteiger partial charge is 0.260 e. The highest BCUT2D eigenvalue weighted by atomic mass is 79.9. The fourth-order valence-corrected chi connectivity index (χ4v) is 2.42. The summed E-state index contributed by atoms with van der Waals surface area (Å²) in [5.41, 5.74) is 7.28. The van der Waals surface area contributed by atoms with Crippen molar-refractivity contribution in [2.75, 3.05) is 11.1 Å². The molecule has 1 heterocycles. The molecule has 0 saturated heterocycles. The van der Waals surface area contributed by atoms with Gasteiger partial charge in [-0.3, -0.25) is 9.78 Å². The van der Waals surface area contributed by atoms with Crippen molar-refractivity contribution in [3.05, 3.63) is 56.2 Å². The Morgan fingerprint density at radius 1 is 1.24 bits per heavy atom. The number of H-pyrrole nitrogens is 1. The molecule has 0 bridgehead atoms. The van der Waals surface area contributed by atoms with Crippen molar-refractivity contribution in [3.8, 4) is 0 Å². The van der Waals surface area contributed by atoms with E-state index in [9.17, 15) is 4.79 Å². The van der Waals surface area contributed by atoms with Crippen molar-refractivity contribution >= 4 is 55.8 Å². The lowest BCUT2D eigenvalue weighted by Gasteiger charge is -2.07. The Morgan fingerprint density at radius 3 is 2.81 bits per heavy atom. The van der Waals surface area contributed by atoms with Crippen LogP contribution in [0.2, 0.25) is 5.02 Å². The fraction of sp³-hybridized carbons (Fsp3) is 0. The van der Waals surface area contributed by atoms with E-state index in [4.69, 9.17) is 17.3 Å². The Bertz CT molecular complexity index is 894. The molecule has 0 fully saturated rings. The maximum Gasteiger partial charge on any atom is 0.260 e. The maximum atomic E-state index is 12.0. The number of nitrogens with zero attached hydrogens (tertiary/aromatic N) is 1. The van der Waals surface area contributed by atoms with Gasteiger partial charge < -0.3 is 11.1 Å². The van der Waals surface area contributed by atoms with Crippen molar-refractivity contribution in [2.24, 2.45) is 0 Å². The molecular formula is C14H10BrClN4O. The van der Waals surface area contributed by atoms with Crippen LogP contribution in [0.25, 0.3) is 10.9 Å². The van der Waals surface area contributed by atoms with Crippen LogP contribution in [0.3, 0.4) is 0 Å². The van der Waals surface area contributed by atoms with Crippen molar-refractivity contribution in [2.45, 2.75) is 0 Å². The summed E-state index contributed by atoms with van der Waals surface area (Å²) >= 11 is 9.29. The van der Waals surface area contributed by atoms with Gasteiger partial charge in [0.1, 0.15) is 0 Å². The van der Waals surface area contributed by atoms with Crippen molar-refractivity contribution in [1.29, 1.82) is 0 Å². The summed E-state index contributed by atoms with van der Waals surface area (Å²) in [5.74, 6) is 0.353. The van der Waals surface area contributed by atoms with E-state index in [0.29, 0.717) is 27.6 Å². The molecule has 0 spiro atoms. The number of aromatic nitrogens is 2. The Labute approximate surface area is 133 Å². The quantitative estimate of drug-likeness (QED) is 0.605. The van der Waals surface area contributed by atoms with Crippen LogP contribution in [0.5, 0.6) is 0 Å². The number of hydrogen-bond acceptors (Lipinski definition) is 4. The fourth-order valence-electron chi connectivity index (χ4n) is 1.93. The molecule has 106 valence electrons. The predicted octanol–water partition coefficient (Wildman–Crippen LogP) is 3.66. The molecule has 1 aromatic heterocycles. The second kappa shape index (κ2) is 5.38. The monoisotopic (exact) mass is 364 g/mol. The molecule has 3 rings (SSSR count). The number of halogens is 2. The SMILES string of the molecule is Nc1ccc2nc(Nc3ccc(Cl)c(Br)c3)[nH]c(=O)c2c1. The molecule has 0 aliphatic heterocycles. The third kappa shape index (κ3) is 2.86. The average Bonchev–Trinajstić information content (AvgIpc) is 2.44. The first-order chi connectivity index (χ1) is 10.0. The van der Waals surface area contributed by atoms with Gasteiger partial charge in [0.2, 0.25) is 5.95 Å². The van der Waals surface area contributed by atoms with Gasteiger partial charge in [0.15, 0.2) is 0 Å². The van der Waals surface area contributed by atoms with Crippen LogP contribution in [0.15, 0.2) is 45.7 Å². The van der Waals surface area contributed by atoms with Gasteiger partial charge >= 0.3 is 0 Å². The zero-order chi connectivity index (χ0) is 15.0. The highest BCUT2D eigenvalue weighted by Gasteiger charge is 2.05. The van der Waals surface area contributed by atoms with Crippen LogP contribution >= 0.6 is 27.5 Å². The normalized spacial score (nSPS) is 10.8. The van der Waals surface area contributed by atoms with E-state index in [1.165, 1.54) is 0 Å². The third-order valence-corrected chi connectivity index (χ3v) is 4.13. The molecule has 0 radical (unpaired) electrons. The number of hydrogen-bond donors (Lipinski definition) is 3. The highest BCUT2D eigenvalue weighted by Crippen LogP contribution is 2.26. The lowest BCUT2D eigenvalue weighted by Crippen LogP contribution is -2.11. The number of aromatic amines is 1. The first-order valence-corrected chi connectivity index (χ1v) is 7.22. The van der Waals surface area contributed by atoms with Crippen LogP contribution in [0.4, 0.5) is 17.3 Å². The molecule has 4 N–H and O–H groups in total. The standard InChI is InChI=1S/C14H10BrClN4O/c15-10-6-8(2-3-11(10)16)18-14-19-12-4-1-7(17)5-9(12)13(21)20-14/h1-6H,17H2,(H2,18,19,20,21). The van der Waals surface area contributed by atoms with Gasteiger partial charge in [-0.15, -0.1) is 0 Å². The minimum atomic E-state index is -0.247. The predicted molar refractivity (Wildman–Crippen MR) is 89.2 cm³/mol. The largest absolute Gasteiger partial charge is 0.399 e. The zero-order valence-electron chi connectivity index (χ0n) is 10.7. The topological polar surface area (TPSA) is 83.8 Å². The van der Waals surface area contributed by atoms with E-state index in [0.717, 1.165) is 10.2 Å². The molecule has 7 heteroatoms. The average molecular weight is 366 g/mol. The van der Waals surface area contributed by atoms with Gasteiger partial charge in [-0.25, -0.2) is 4.98 Å². The molecular weight excluding hydrogens is 356 g/mol. The number of fused-ring (bicyclic) bond motifs is 1. The van der Waals surface area contributed by atoms with Gasteiger partial charge in [-0.2, -0.15) is 0 Å². The van der Waals surface area contributed by atoms with Crippen LogP contribution in [-0.2, 0) is 0 Å². The van der Waals surface area contributed by atoms with Gasteiger partial charge in [-0.05, 0) is 52.3 Å². The van der Waals surface area contributed by atoms with Crippen molar-refractivity contribution < 1.29 is 0 Å². The first-order valence-electron chi connectivity index (χ1n) is 6.04. The lowest BCUT2D eigenvalue weighted by atomic mass is 10.2. The van der Waals surface area contributed by atoms with E-state index in [1.807, 2.05) is 0 Å². The summed E-state index contributed by atoms with van der Waals surface area (Å²) in [5, 5.41) is 4.10. The molecule has 0 amide bonds. The Kier molecular flexibility index (Phi) is 3.57. The van der Waals surface area contributed by atoms with Gasteiger partial charge in [-0.1, -0.05) is 11.6 Å². The van der Waals surface area contributed by atoms with E-state index in [1.54, 1.807) is 36.4 Å². The molecule has 0 aliphatic carbocycles. The first kappa shape index (κ1) is 13.9. The van der Waals surface area contributed by atoms with Crippen LogP contribution in [-0.4, -0.2) is 9.97 Å². The molecule has 3 aromatic rings. The van der Waals surface area contributed by atoms with Gasteiger partial charge in [0.25, 0.3) is 5.56 Å². The molecule has 0 atom stereocenters. The Hall–Kier alpha value is -2.05. The molecule has 0 aliphatic rings. The van der Waals surface area contributed by atoms with Gasteiger partial charge in [0, 0.05) is 15.8 Å². The summed E-state index contributed by atoms with van der Waals surface area (Å²) in [6.45, 7) is 0. The summed E-state index contributed by atoms with van der Waals surface area (Å²) in [4.78, 5) is 19.1. The van der Waals surface area contributed by atoms with E-state index in [2.05, 4.69) is 31.2 Å². The van der Waals surface area contributed by atoms with Crippen LogP contribution < -0.4 is 16.6 Å². The van der Waals surface area contributed by atoms with Crippen LogP contribution in [0, 0.1) is 0 Å². The number of rotatable bonds is 2. The lowest BCUT2D eigenvalue weighted by molar-refractivity contribution is 1.17. The summed E-state index contributed by atoms with van der Waals surface area (Å²) in [7, 11) is 0. The number of nitrogens with two attached hydrogens (primary N) is 1. The second-order valence-electron chi connectivity index (χ2n) is 4.45. The minimum absolute atomic E-state index is 0.247. The summed E-state index contributed by atoms with van der Waals surface area (Å²) < 4.78 is 0.755. The number of nitrogen functional groups attached to an aromatic ring is 1. The van der Waals surface area contributed by atoms with Gasteiger partial charge in [0.05, 0.1) is 15.9 Å². The number of anilines is 3. The van der Waals surface area contributed by atoms with E-state index < -0.39 is 0 Å². The van der Waals surface area contributed by atoms with Crippen LogP contribution in [0.1, 0.15) is 0 Å². The number of nitrogens with one attached hydrogen (secondary N) is 2. The van der Waals surface area contributed by atoms with Crippen molar-refractivity contribution in [1.82, 2.24) is 9.97 Å². The zero-order valence-corrected chi connectivity index (χ0v) is 13.0. The second-order valence-corrected chi connectivity index (χ2v) is 5.71. The van der Waals surface area contributed by atoms with Crippen molar-refractivity contribution in [3.63, 3.8) is 0 Å². The van der Waals surface area contributed by atoms with E-state index >= 15 is 0 Å². The molecule has 0 saturated carbocycles.